The second-order valence-corrected chi connectivity index (χ2v) is 3.20. The highest BCUT2D eigenvalue weighted by molar-refractivity contribution is 6.01. The fourth-order valence-corrected chi connectivity index (χ4v) is 1.14. The summed E-state index contributed by atoms with van der Waals surface area (Å²) in [7, 11) is 0. The van der Waals surface area contributed by atoms with Gasteiger partial charge in [-0.25, -0.2) is 8.78 Å². The van der Waals surface area contributed by atoms with Gasteiger partial charge in [0.2, 0.25) is 0 Å². The molecule has 0 aliphatic heterocycles. The number of Topliss-reactive ketones (excluding diaryl/α,β-unsaturated/α-hetero) is 1. The average Bonchev–Trinajstić information content (AvgIpc) is 2.20. The van der Waals surface area contributed by atoms with E-state index in [0.29, 0.717) is 6.07 Å². The van der Waals surface area contributed by atoms with Crippen LogP contribution in [0.5, 0.6) is 0 Å². The third kappa shape index (κ3) is 3.89. The van der Waals surface area contributed by atoms with E-state index in [4.69, 9.17) is 10.8 Å². The van der Waals surface area contributed by atoms with Gasteiger partial charge < -0.3 is 16.3 Å². The lowest BCUT2D eigenvalue weighted by atomic mass is 10.0. The first kappa shape index (κ1) is 15.1. The van der Waals surface area contributed by atoms with Gasteiger partial charge in [-0.2, -0.15) is 0 Å². The molecule has 17 heavy (non-hydrogen) atoms. The maximum Gasteiger partial charge on any atom is 0.305 e. The third-order valence-electron chi connectivity index (χ3n) is 1.94. The molecule has 0 bridgehead atoms. The maximum atomic E-state index is 12.8. The van der Waals surface area contributed by atoms with Crippen molar-refractivity contribution in [1.82, 2.24) is 0 Å². The van der Waals surface area contributed by atoms with Crippen molar-refractivity contribution in [1.29, 1.82) is 0 Å². The summed E-state index contributed by atoms with van der Waals surface area (Å²) in [4.78, 5) is 21.8. The Morgan fingerprint density at radius 3 is 2.35 bits per heavy atom. The number of carboxylic acids is 1. The van der Waals surface area contributed by atoms with E-state index in [-0.39, 0.29) is 11.0 Å². The number of hydrogen-bond acceptors (Lipinski definition) is 3. The molecule has 1 atom stereocenters. The van der Waals surface area contributed by atoms with Crippen molar-refractivity contribution < 1.29 is 29.0 Å². The first-order chi connectivity index (χ1) is 7.41. The topological polar surface area (TPSA) is 112 Å². The lowest BCUT2D eigenvalue weighted by Gasteiger charge is -2.07. The fourth-order valence-electron chi connectivity index (χ4n) is 1.14. The number of nitrogens with two attached hydrogens (primary N) is 1. The minimum Gasteiger partial charge on any atom is -0.481 e. The van der Waals surface area contributed by atoms with Gasteiger partial charge in [0.15, 0.2) is 17.4 Å². The first-order valence-corrected chi connectivity index (χ1v) is 4.38. The standard InChI is InChI=1S/C10H9F2NO3.H2O/c11-6-2-1-5(3-7(6)12)10(16)8(13)4-9(14)15;/h1-3,8H,4,13H2,(H,14,15);1H2. The molecule has 0 radical (unpaired) electrons. The summed E-state index contributed by atoms with van der Waals surface area (Å²) in [6.45, 7) is 0. The molecular formula is C10H11F2NO4. The smallest absolute Gasteiger partial charge is 0.305 e. The molecule has 0 aliphatic rings. The van der Waals surface area contributed by atoms with Crippen LogP contribution in [0.25, 0.3) is 0 Å². The van der Waals surface area contributed by atoms with Crippen LogP contribution in [0.2, 0.25) is 0 Å². The highest BCUT2D eigenvalue weighted by atomic mass is 19.2. The Bertz CT molecular complexity index is 436. The number of carboxylic acid groups (broad SMARTS) is 1. The monoisotopic (exact) mass is 247 g/mol. The second kappa shape index (κ2) is 6.02. The van der Waals surface area contributed by atoms with Crippen LogP contribution in [-0.4, -0.2) is 28.4 Å². The van der Waals surface area contributed by atoms with Crippen molar-refractivity contribution >= 4 is 11.8 Å². The van der Waals surface area contributed by atoms with E-state index in [1.165, 1.54) is 0 Å². The van der Waals surface area contributed by atoms with E-state index in [2.05, 4.69) is 0 Å². The van der Waals surface area contributed by atoms with Gasteiger partial charge in [-0.05, 0) is 18.2 Å². The summed E-state index contributed by atoms with van der Waals surface area (Å²) in [6, 6.07) is 1.28. The van der Waals surface area contributed by atoms with E-state index in [1.807, 2.05) is 0 Å². The van der Waals surface area contributed by atoms with Gasteiger partial charge in [0, 0.05) is 5.56 Å². The number of carbonyl (C=O) groups is 2. The van der Waals surface area contributed by atoms with Crippen LogP contribution in [0.1, 0.15) is 16.8 Å². The first-order valence-electron chi connectivity index (χ1n) is 4.38. The zero-order valence-electron chi connectivity index (χ0n) is 8.61. The van der Waals surface area contributed by atoms with Crippen LogP contribution in [-0.2, 0) is 4.79 Å². The molecule has 5 N–H and O–H groups in total. The third-order valence-corrected chi connectivity index (χ3v) is 1.94. The van der Waals surface area contributed by atoms with E-state index in [0.717, 1.165) is 12.1 Å². The SMILES string of the molecule is NC(CC(=O)O)C(=O)c1ccc(F)c(F)c1.O. The van der Waals surface area contributed by atoms with Crippen molar-refractivity contribution in [3.05, 3.63) is 35.4 Å². The molecular weight excluding hydrogens is 236 g/mol. The molecule has 1 unspecified atom stereocenters. The van der Waals surface area contributed by atoms with Gasteiger partial charge in [-0.1, -0.05) is 0 Å². The van der Waals surface area contributed by atoms with Gasteiger partial charge in [-0.3, -0.25) is 9.59 Å². The van der Waals surface area contributed by atoms with E-state index in [1.54, 1.807) is 0 Å². The number of carbonyl (C=O) groups excluding carboxylic acids is 1. The van der Waals surface area contributed by atoms with Crippen LogP contribution in [0, 0.1) is 11.6 Å². The molecule has 0 spiro atoms. The van der Waals surface area contributed by atoms with Crippen LogP contribution >= 0.6 is 0 Å². The predicted molar refractivity (Wildman–Crippen MR) is 54.5 cm³/mol. The molecule has 0 saturated carbocycles. The van der Waals surface area contributed by atoms with Gasteiger partial charge in [0.25, 0.3) is 0 Å². The Balaban J connectivity index is 0.00000256. The predicted octanol–water partition coefficient (Wildman–Crippen LogP) is 0.125. The van der Waals surface area contributed by atoms with Crippen molar-refractivity contribution in [3.8, 4) is 0 Å². The summed E-state index contributed by atoms with van der Waals surface area (Å²) >= 11 is 0. The van der Waals surface area contributed by atoms with Gasteiger partial charge in [-0.15, -0.1) is 0 Å². The summed E-state index contributed by atoms with van der Waals surface area (Å²) in [5.74, 6) is -4.22. The van der Waals surface area contributed by atoms with Crippen LogP contribution in [0.3, 0.4) is 0 Å². The normalized spacial score (nSPS) is 11.5. The summed E-state index contributed by atoms with van der Waals surface area (Å²) in [5, 5.41) is 8.41. The van der Waals surface area contributed by atoms with Gasteiger partial charge in [0.1, 0.15) is 0 Å². The number of benzene rings is 1. The van der Waals surface area contributed by atoms with Crippen molar-refractivity contribution in [2.45, 2.75) is 12.5 Å². The van der Waals surface area contributed by atoms with E-state index in [9.17, 15) is 18.4 Å². The minimum absolute atomic E-state index is 0. The number of aliphatic carboxylic acids is 1. The maximum absolute atomic E-state index is 12.8. The Hall–Kier alpha value is -1.86. The molecule has 0 amide bonds. The summed E-state index contributed by atoms with van der Waals surface area (Å²) in [5.41, 5.74) is 5.15. The Morgan fingerprint density at radius 1 is 1.29 bits per heavy atom. The molecule has 1 aromatic carbocycles. The summed E-state index contributed by atoms with van der Waals surface area (Å²) < 4.78 is 25.3. The molecule has 7 heteroatoms. The lowest BCUT2D eigenvalue weighted by molar-refractivity contribution is -0.137. The largest absolute Gasteiger partial charge is 0.481 e. The molecule has 1 aromatic rings. The molecule has 0 aromatic heterocycles. The Kier molecular flexibility index (Phi) is 5.36. The highest BCUT2D eigenvalue weighted by Gasteiger charge is 2.19. The van der Waals surface area contributed by atoms with Crippen molar-refractivity contribution in [2.24, 2.45) is 5.73 Å². The molecule has 0 fully saturated rings. The van der Waals surface area contributed by atoms with Crippen molar-refractivity contribution in [3.63, 3.8) is 0 Å². The van der Waals surface area contributed by atoms with Crippen LogP contribution < -0.4 is 5.73 Å². The molecule has 94 valence electrons. The molecule has 5 nitrogen and oxygen atoms in total. The second-order valence-electron chi connectivity index (χ2n) is 3.20. The number of ketones is 1. The Labute approximate surface area is 95.2 Å². The molecule has 1 rings (SSSR count). The zero-order chi connectivity index (χ0) is 12.3. The van der Waals surface area contributed by atoms with Gasteiger partial charge in [0.05, 0.1) is 12.5 Å². The Morgan fingerprint density at radius 2 is 1.88 bits per heavy atom. The quantitative estimate of drug-likeness (QED) is 0.736. The number of halogens is 2. The molecule has 0 aliphatic carbocycles. The van der Waals surface area contributed by atoms with Crippen LogP contribution in [0.15, 0.2) is 18.2 Å². The molecule has 0 heterocycles. The molecule has 0 saturated heterocycles. The summed E-state index contributed by atoms with van der Waals surface area (Å²) in [6.07, 6.45) is -0.558. The van der Waals surface area contributed by atoms with Crippen LogP contribution in [0.4, 0.5) is 8.78 Å². The van der Waals surface area contributed by atoms with E-state index >= 15 is 0 Å². The fraction of sp³-hybridized carbons (Fsp3) is 0.200. The van der Waals surface area contributed by atoms with Crippen molar-refractivity contribution in [2.75, 3.05) is 0 Å². The number of hydrogen-bond donors (Lipinski definition) is 2. The van der Waals surface area contributed by atoms with E-state index < -0.39 is 35.8 Å². The minimum atomic E-state index is -1.26. The lowest BCUT2D eigenvalue weighted by Crippen LogP contribution is -2.33. The average molecular weight is 247 g/mol. The zero-order valence-corrected chi connectivity index (χ0v) is 8.61. The highest BCUT2D eigenvalue weighted by Crippen LogP contribution is 2.11. The number of rotatable bonds is 4. The van der Waals surface area contributed by atoms with Gasteiger partial charge >= 0.3 is 5.97 Å².